The predicted octanol–water partition coefficient (Wildman–Crippen LogP) is 2.98. The number of halogens is 5. The summed E-state index contributed by atoms with van der Waals surface area (Å²) >= 11 is 10.2. The van der Waals surface area contributed by atoms with Crippen LogP contribution in [0.25, 0.3) is 0 Å². The lowest BCUT2D eigenvalue weighted by atomic mass is 10.6. The highest BCUT2D eigenvalue weighted by Gasteiger charge is 2.32. The summed E-state index contributed by atoms with van der Waals surface area (Å²) in [5, 5.41) is -0.705. The molecule has 0 aromatic carbocycles. The van der Waals surface area contributed by atoms with Crippen LogP contribution < -0.4 is 5.73 Å². The van der Waals surface area contributed by atoms with Crippen molar-refractivity contribution in [3.8, 4) is 0 Å². The molecule has 0 spiro atoms. The quantitative estimate of drug-likeness (QED) is 0.481. The molecule has 9 heteroatoms. The second-order valence-electron chi connectivity index (χ2n) is 2.05. The molecule has 0 aliphatic carbocycles. The zero-order valence-electron chi connectivity index (χ0n) is 6.27. The van der Waals surface area contributed by atoms with Crippen LogP contribution in [-0.2, 0) is 0 Å². The van der Waals surface area contributed by atoms with E-state index >= 15 is 0 Å². The van der Waals surface area contributed by atoms with Gasteiger partial charge in [-0.05, 0) is 23.4 Å². The molecular weight excluding hydrogens is 262 g/mol. The monoisotopic (exact) mass is 263 g/mol. The summed E-state index contributed by atoms with van der Waals surface area (Å²) in [7, 11) is 0. The van der Waals surface area contributed by atoms with Crippen molar-refractivity contribution in [2.24, 2.45) is 0 Å². The fraction of sp³-hybridized carbons (Fsp3) is 0.200. The van der Waals surface area contributed by atoms with Crippen molar-refractivity contribution in [1.29, 1.82) is 0 Å². The summed E-state index contributed by atoms with van der Waals surface area (Å²) < 4.78 is 35.9. The molecule has 0 aliphatic heterocycles. The Morgan fingerprint density at radius 3 is 2.21 bits per heavy atom. The van der Waals surface area contributed by atoms with E-state index in [9.17, 15) is 13.2 Å². The number of nitrogens with zero attached hydrogens (tertiary/aromatic N) is 2. The van der Waals surface area contributed by atoms with Crippen molar-refractivity contribution in [2.75, 3.05) is 5.73 Å². The summed E-state index contributed by atoms with van der Waals surface area (Å²) in [6.45, 7) is 0. The zero-order chi connectivity index (χ0) is 10.9. The Kier molecular flexibility index (Phi) is 3.33. The smallest absolute Gasteiger partial charge is 0.383 e. The van der Waals surface area contributed by atoms with Gasteiger partial charge in [0, 0.05) is 0 Å². The lowest BCUT2D eigenvalue weighted by Gasteiger charge is -2.08. The second-order valence-corrected chi connectivity index (χ2v) is 3.82. The molecule has 14 heavy (non-hydrogen) atoms. The number of thioether (sulfide) groups is 1. The number of hydrogen-bond donors (Lipinski definition) is 1. The standard InChI is InChI=1S/C5H2Cl2F3N3S/c6-2-1(14-5(8,9)10)3(11)13-4(7)12-2/h(H2,11,12,13). The predicted molar refractivity (Wildman–Crippen MR) is 48.4 cm³/mol. The first-order valence-corrected chi connectivity index (χ1v) is 4.61. The van der Waals surface area contributed by atoms with Gasteiger partial charge >= 0.3 is 5.51 Å². The average Bonchev–Trinajstić information content (AvgIpc) is 1.95. The van der Waals surface area contributed by atoms with Gasteiger partial charge in [0.25, 0.3) is 0 Å². The lowest BCUT2D eigenvalue weighted by Crippen LogP contribution is -2.04. The molecule has 1 aromatic rings. The van der Waals surface area contributed by atoms with Crippen LogP contribution in [0, 0.1) is 0 Å². The maximum Gasteiger partial charge on any atom is 0.446 e. The average molecular weight is 264 g/mol. The number of alkyl halides is 3. The minimum absolute atomic E-state index is 0.293. The van der Waals surface area contributed by atoms with Crippen LogP contribution in [0.4, 0.5) is 19.0 Å². The van der Waals surface area contributed by atoms with Gasteiger partial charge in [-0.2, -0.15) is 18.2 Å². The van der Waals surface area contributed by atoms with Crippen molar-refractivity contribution in [2.45, 2.75) is 10.4 Å². The molecule has 1 heterocycles. The highest BCUT2D eigenvalue weighted by Crippen LogP contribution is 2.42. The molecule has 1 aromatic heterocycles. The van der Waals surface area contributed by atoms with Gasteiger partial charge in [-0.25, -0.2) is 4.98 Å². The largest absolute Gasteiger partial charge is 0.446 e. The van der Waals surface area contributed by atoms with Crippen LogP contribution in [0.3, 0.4) is 0 Å². The molecular formula is C5H2Cl2F3N3S. The van der Waals surface area contributed by atoms with Crippen molar-refractivity contribution in [3.63, 3.8) is 0 Å². The summed E-state index contributed by atoms with van der Waals surface area (Å²) in [5.41, 5.74) is 0.697. The number of rotatable bonds is 1. The Hall–Kier alpha value is -0.400. The zero-order valence-corrected chi connectivity index (χ0v) is 8.60. The minimum atomic E-state index is -4.49. The Morgan fingerprint density at radius 1 is 1.21 bits per heavy atom. The molecule has 0 bridgehead atoms. The SMILES string of the molecule is Nc1nc(Cl)nc(Cl)c1SC(F)(F)F. The van der Waals surface area contributed by atoms with Crippen molar-refractivity contribution >= 4 is 40.8 Å². The van der Waals surface area contributed by atoms with E-state index in [1.807, 2.05) is 0 Å². The van der Waals surface area contributed by atoms with Crippen LogP contribution in [0.15, 0.2) is 4.90 Å². The molecule has 0 saturated heterocycles. The van der Waals surface area contributed by atoms with Crippen LogP contribution in [-0.4, -0.2) is 15.5 Å². The third-order valence-electron chi connectivity index (χ3n) is 1.04. The summed E-state index contributed by atoms with van der Waals surface area (Å²) in [4.78, 5) is 6.24. The van der Waals surface area contributed by atoms with Gasteiger partial charge in [-0.1, -0.05) is 11.6 Å². The highest BCUT2D eigenvalue weighted by atomic mass is 35.5. The first-order chi connectivity index (χ1) is 6.29. The van der Waals surface area contributed by atoms with Gasteiger partial charge in [-0.3, -0.25) is 0 Å². The molecule has 78 valence electrons. The van der Waals surface area contributed by atoms with E-state index in [0.717, 1.165) is 0 Å². The molecule has 0 atom stereocenters. The number of nitrogens with two attached hydrogens (primary N) is 1. The third kappa shape index (κ3) is 3.07. The normalized spacial score (nSPS) is 11.8. The first kappa shape index (κ1) is 11.7. The van der Waals surface area contributed by atoms with Gasteiger partial charge in [0.1, 0.15) is 11.0 Å². The highest BCUT2D eigenvalue weighted by molar-refractivity contribution is 8.00. The molecule has 0 fully saturated rings. The molecule has 1 rings (SSSR count). The van der Waals surface area contributed by atoms with Crippen molar-refractivity contribution in [1.82, 2.24) is 9.97 Å². The van der Waals surface area contributed by atoms with Gasteiger partial charge in [0.15, 0.2) is 0 Å². The first-order valence-electron chi connectivity index (χ1n) is 3.04. The molecule has 2 N–H and O–H groups in total. The molecule has 0 amide bonds. The Morgan fingerprint density at radius 2 is 1.79 bits per heavy atom. The van der Waals surface area contributed by atoms with Crippen molar-refractivity contribution < 1.29 is 13.2 Å². The lowest BCUT2D eigenvalue weighted by molar-refractivity contribution is -0.0328. The van der Waals surface area contributed by atoms with Crippen LogP contribution >= 0.6 is 35.0 Å². The van der Waals surface area contributed by atoms with Gasteiger partial charge < -0.3 is 5.73 Å². The molecule has 0 radical (unpaired) electrons. The van der Waals surface area contributed by atoms with E-state index in [0.29, 0.717) is 0 Å². The van der Waals surface area contributed by atoms with Crippen molar-refractivity contribution in [3.05, 3.63) is 10.4 Å². The minimum Gasteiger partial charge on any atom is -0.383 e. The topological polar surface area (TPSA) is 51.8 Å². The van der Waals surface area contributed by atoms with Gasteiger partial charge in [0.05, 0.1) is 4.90 Å². The maximum absolute atomic E-state index is 12.0. The number of aromatic nitrogens is 2. The number of hydrogen-bond acceptors (Lipinski definition) is 4. The van der Waals surface area contributed by atoms with E-state index in [2.05, 4.69) is 9.97 Å². The van der Waals surface area contributed by atoms with E-state index in [4.69, 9.17) is 28.9 Å². The van der Waals surface area contributed by atoms with E-state index < -0.39 is 33.1 Å². The second kappa shape index (κ2) is 4.00. The molecule has 0 aliphatic rings. The fourth-order valence-electron chi connectivity index (χ4n) is 0.623. The van der Waals surface area contributed by atoms with Gasteiger partial charge in [0.2, 0.25) is 5.28 Å². The van der Waals surface area contributed by atoms with Gasteiger partial charge in [-0.15, -0.1) is 0 Å². The maximum atomic E-state index is 12.0. The fourth-order valence-corrected chi connectivity index (χ4v) is 1.65. The summed E-state index contributed by atoms with van der Waals surface area (Å²) in [6.07, 6.45) is 0. The summed E-state index contributed by atoms with van der Waals surface area (Å²) in [6, 6.07) is 0. The number of anilines is 1. The van der Waals surface area contributed by atoms with Crippen LogP contribution in [0.1, 0.15) is 0 Å². The van der Waals surface area contributed by atoms with E-state index in [1.54, 1.807) is 0 Å². The molecule has 3 nitrogen and oxygen atoms in total. The summed E-state index contributed by atoms with van der Waals surface area (Å²) in [5.74, 6) is -0.391. The Bertz CT molecular complexity index is 334. The Labute approximate surface area is 90.8 Å². The third-order valence-corrected chi connectivity index (χ3v) is 2.43. The van der Waals surface area contributed by atoms with Crippen LogP contribution in [0.2, 0.25) is 10.4 Å². The Balaban J connectivity index is 3.09. The van der Waals surface area contributed by atoms with E-state index in [1.165, 1.54) is 0 Å². The number of nitrogen functional groups attached to an aromatic ring is 1. The molecule has 0 saturated carbocycles. The van der Waals surface area contributed by atoms with E-state index in [-0.39, 0.29) is 5.28 Å². The molecule has 0 unspecified atom stereocenters. The van der Waals surface area contributed by atoms with Crippen LogP contribution in [0.5, 0.6) is 0 Å².